The second-order valence-electron chi connectivity index (χ2n) is 4.87. The fraction of sp³-hybridized carbons (Fsp3) is 0.538. The number of aliphatic hydroxyl groups is 1. The van der Waals surface area contributed by atoms with Crippen LogP contribution in [0.25, 0.3) is 0 Å². The maximum absolute atomic E-state index is 10.1. The van der Waals surface area contributed by atoms with Gasteiger partial charge in [0.25, 0.3) is 0 Å². The van der Waals surface area contributed by atoms with Crippen molar-refractivity contribution in [3.63, 3.8) is 0 Å². The van der Waals surface area contributed by atoms with Crippen LogP contribution in [0.1, 0.15) is 25.3 Å². The first-order valence-electron chi connectivity index (χ1n) is 5.91. The summed E-state index contributed by atoms with van der Waals surface area (Å²) in [6.07, 6.45) is 1.90. The number of hydrogen-bond acceptors (Lipinski definition) is 2. The Bertz CT molecular complexity index is 402. The Labute approximate surface area is 112 Å². The monoisotopic (exact) mass is 273 g/mol. The molecule has 2 nitrogen and oxygen atoms in total. The normalized spacial score (nSPS) is 19.1. The van der Waals surface area contributed by atoms with Crippen LogP contribution in [-0.2, 0) is 6.54 Å². The highest BCUT2D eigenvalue weighted by atomic mass is 35.5. The number of nitrogens with zero attached hydrogens (tertiary/aromatic N) is 1. The molecule has 1 saturated heterocycles. The molecule has 1 aromatic carbocycles. The van der Waals surface area contributed by atoms with Gasteiger partial charge in [0.05, 0.1) is 15.6 Å². The quantitative estimate of drug-likeness (QED) is 0.910. The number of likely N-dealkylation sites (tertiary alicyclic amines) is 1. The number of halogens is 2. The molecule has 17 heavy (non-hydrogen) atoms. The average Bonchev–Trinajstić information content (AvgIpc) is 2.22. The molecule has 1 N–H and O–H groups in total. The fourth-order valence-electron chi connectivity index (χ4n) is 2.42. The van der Waals surface area contributed by atoms with Gasteiger partial charge in [0.15, 0.2) is 0 Å². The summed E-state index contributed by atoms with van der Waals surface area (Å²) in [6, 6.07) is 5.68. The van der Waals surface area contributed by atoms with E-state index in [4.69, 9.17) is 23.2 Å². The van der Waals surface area contributed by atoms with Crippen LogP contribution in [0.4, 0.5) is 0 Å². The molecule has 0 spiro atoms. The third-order valence-electron chi connectivity index (χ3n) is 3.14. The van der Waals surface area contributed by atoms with Crippen LogP contribution in [0.3, 0.4) is 0 Å². The van der Waals surface area contributed by atoms with Gasteiger partial charge < -0.3 is 5.11 Å². The second kappa shape index (κ2) is 5.15. The Hall–Kier alpha value is -0.280. The van der Waals surface area contributed by atoms with E-state index in [0.717, 1.165) is 38.0 Å². The van der Waals surface area contributed by atoms with E-state index < -0.39 is 5.60 Å². The number of benzene rings is 1. The maximum Gasteiger partial charge on any atom is 0.0900 e. The lowest BCUT2D eigenvalue weighted by molar-refractivity contribution is -0.106. The van der Waals surface area contributed by atoms with E-state index in [1.54, 1.807) is 0 Å². The topological polar surface area (TPSA) is 23.5 Å². The minimum absolute atomic E-state index is 0.467. The first-order valence-corrected chi connectivity index (χ1v) is 6.67. The van der Waals surface area contributed by atoms with E-state index in [1.807, 2.05) is 18.2 Å². The van der Waals surface area contributed by atoms with Crippen LogP contribution in [-0.4, -0.2) is 28.7 Å². The third kappa shape index (κ3) is 3.14. The van der Waals surface area contributed by atoms with Gasteiger partial charge in [0.1, 0.15) is 0 Å². The lowest BCUT2D eigenvalue weighted by Crippen LogP contribution is -2.60. The zero-order valence-electron chi connectivity index (χ0n) is 9.92. The van der Waals surface area contributed by atoms with Crippen LogP contribution < -0.4 is 0 Å². The molecule has 1 fully saturated rings. The van der Waals surface area contributed by atoms with Gasteiger partial charge in [-0.25, -0.2) is 0 Å². The molecule has 0 aliphatic carbocycles. The standard InChI is InChI=1S/C13H17Cl2NO/c1-2-5-13(17)8-16(9-13)7-10-3-4-11(14)12(15)6-10/h3-4,6,17H,2,5,7-9H2,1H3. The van der Waals surface area contributed by atoms with Crippen molar-refractivity contribution in [3.8, 4) is 0 Å². The van der Waals surface area contributed by atoms with Gasteiger partial charge in [-0.15, -0.1) is 0 Å². The predicted octanol–water partition coefficient (Wildman–Crippen LogP) is 3.34. The first-order chi connectivity index (χ1) is 8.02. The summed E-state index contributed by atoms with van der Waals surface area (Å²) in [5.41, 5.74) is 0.670. The van der Waals surface area contributed by atoms with Crippen LogP contribution in [0.2, 0.25) is 10.0 Å². The highest BCUT2D eigenvalue weighted by Gasteiger charge is 2.39. The van der Waals surface area contributed by atoms with Crippen molar-refractivity contribution in [2.45, 2.75) is 31.9 Å². The molecule has 2 rings (SSSR count). The minimum Gasteiger partial charge on any atom is -0.387 e. The van der Waals surface area contributed by atoms with Crippen molar-refractivity contribution >= 4 is 23.2 Å². The molecular formula is C13H17Cl2NO. The van der Waals surface area contributed by atoms with Gasteiger partial charge >= 0.3 is 0 Å². The summed E-state index contributed by atoms with van der Waals surface area (Å²) < 4.78 is 0. The largest absolute Gasteiger partial charge is 0.387 e. The second-order valence-corrected chi connectivity index (χ2v) is 5.68. The highest BCUT2D eigenvalue weighted by molar-refractivity contribution is 6.42. The third-order valence-corrected chi connectivity index (χ3v) is 3.88. The molecule has 1 heterocycles. The SMILES string of the molecule is CCCC1(O)CN(Cc2ccc(Cl)c(Cl)c2)C1. The lowest BCUT2D eigenvalue weighted by atomic mass is 9.89. The van der Waals surface area contributed by atoms with E-state index in [2.05, 4.69) is 11.8 Å². The Balaban J connectivity index is 1.89. The number of hydrogen-bond donors (Lipinski definition) is 1. The summed E-state index contributed by atoms with van der Waals surface area (Å²) in [5.74, 6) is 0. The van der Waals surface area contributed by atoms with Gasteiger partial charge in [0, 0.05) is 19.6 Å². The summed E-state index contributed by atoms with van der Waals surface area (Å²) >= 11 is 11.8. The summed E-state index contributed by atoms with van der Waals surface area (Å²) in [6.45, 7) is 4.42. The Morgan fingerprint density at radius 1 is 1.29 bits per heavy atom. The minimum atomic E-state index is -0.467. The molecule has 0 saturated carbocycles. The van der Waals surface area contributed by atoms with Gasteiger partial charge in [0.2, 0.25) is 0 Å². The molecule has 1 aliphatic heterocycles. The lowest BCUT2D eigenvalue weighted by Gasteiger charge is -2.46. The first kappa shape index (κ1) is 13.2. The summed E-state index contributed by atoms with van der Waals surface area (Å²) in [5, 5.41) is 11.2. The molecule has 0 atom stereocenters. The number of β-amino-alcohol motifs (C(OH)–C–C–N with tert-alkyl or cyclic N) is 1. The van der Waals surface area contributed by atoms with E-state index in [-0.39, 0.29) is 0 Å². The van der Waals surface area contributed by atoms with Gasteiger partial charge in [-0.2, -0.15) is 0 Å². The molecule has 4 heteroatoms. The molecule has 0 unspecified atom stereocenters. The fourth-order valence-corrected chi connectivity index (χ4v) is 2.74. The van der Waals surface area contributed by atoms with E-state index in [9.17, 15) is 5.11 Å². The molecule has 0 bridgehead atoms. The van der Waals surface area contributed by atoms with Crippen LogP contribution in [0, 0.1) is 0 Å². The Morgan fingerprint density at radius 2 is 2.00 bits per heavy atom. The van der Waals surface area contributed by atoms with Crippen molar-refractivity contribution in [3.05, 3.63) is 33.8 Å². The van der Waals surface area contributed by atoms with Crippen LogP contribution in [0.5, 0.6) is 0 Å². The maximum atomic E-state index is 10.1. The summed E-state index contributed by atoms with van der Waals surface area (Å²) in [7, 11) is 0. The van der Waals surface area contributed by atoms with Gasteiger partial charge in [-0.3, -0.25) is 4.90 Å². The highest BCUT2D eigenvalue weighted by Crippen LogP contribution is 2.29. The average molecular weight is 274 g/mol. The van der Waals surface area contributed by atoms with Crippen LogP contribution in [0.15, 0.2) is 18.2 Å². The molecule has 0 radical (unpaired) electrons. The smallest absolute Gasteiger partial charge is 0.0900 e. The molecule has 0 aromatic heterocycles. The Kier molecular flexibility index (Phi) is 3.99. The van der Waals surface area contributed by atoms with Gasteiger partial charge in [-0.05, 0) is 24.1 Å². The van der Waals surface area contributed by atoms with Crippen LogP contribution >= 0.6 is 23.2 Å². The number of rotatable bonds is 4. The van der Waals surface area contributed by atoms with Crippen molar-refractivity contribution in [2.24, 2.45) is 0 Å². The summed E-state index contributed by atoms with van der Waals surface area (Å²) in [4.78, 5) is 2.22. The van der Waals surface area contributed by atoms with Gasteiger partial charge in [-0.1, -0.05) is 42.6 Å². The molecular weight excluding hydrogens is 257 g/mol. The van der Waals surface area contributed by atoms with Crippen molar-refractivity contribution in [1.82, 2.24) is 4.90 Å². The van der Waals surface area contributed by atoms with Crippen molar-refractivity contribution in [2.75, 3.05) is 13.1 Å². The predicted molar refractivity (Wildman–Crippen MR) is 71.6 cm³/mol. The molecule has 1 aliphatic rings. The molecule has 94 valence electrons. The van der Waals surface area contributed by atoms with Crippen molar-refractivity contribution in [1.29, 1.82) is 0 Å². The van der Waals surface area contributed by atoms with Crippen molar-refractivity contribution < 1.29 is 5.11 Å². The van der Waals surface area contributed by atoms with E-state index in [0.29, 0.717) is 10.0 Å². The molecule has 1 aromatic rings. The Morgan fingerprint density at radius 3 is 2.59 bits per heavy atom. The zero-order chi connectivity index (χ0) is 12.5. The zero-order valence-corrected chi connectivity index (χ0v) is 11.4. The van der Waals surface area contributed by atoms with E-state index in [1.165, 1.54) is 0 Å². The van der Waals surface area contributed by atoms with E-state index >= 15 is 0 Å². The molecule has 0 amide bonds.